The zero-order valence-corrected chi connectivity index (χ0v) is 21.1. The van der Waals surface area contributed by atoms with Crippen LogP contribution in [0.1, 0.15) is 47.8 Å². The molecule has 228 valence electrons. The van der Waals surface area contributed by atoms with Crippen molar-refractivity contribution in [2.45, 2.75) is 57.4 Å². The van der Waals surface area contributed by atoms with Crippen molar-refractivity contribution in [3.8, 4) is 5.75 Å². The lowest BCUT2D eigenvalue weighted by molar-refractivity contribution is -0.192. The van der Waals surface area contributed by atoms with Crippen molar-refractivity contribution in [2.75, 3.05) is 0 Å². The Labute approximate surface area is 224 Å². The fourth-order valence-electron chi connectivity index (χ4n) is 2.71. The summed E-state index contributed by atoms with van der Waals surface area (Å²) >= 11 is 0. The zero-order valence-electron chi connectivity index (χ0n) is 21.1. The lowest BCUT2D eigenvalue weighted by atomic mass is 10.0. The second-order valence-corrected chi connectivity index (χ2v) is 9.08. The molecule has 2 aromatic rings. The molecular weight excluding hydrogens is 588 g/mol. The minimum absolute atomic E-state index is 0.134. The number of ether oxygens (including phenoxy) is 2. The number of aliphatic carboxylic acids is 1. The molecule has 0 aliphatic heterocycles. The Balaban J connectivity index is 0.00000106. The summed E-state index contributed by atoms with van der Waals surface area (Å²) in [5.74, 6) is -6.35. The second kappa shape index (κ2) is 12.7. The molecule has 0 heterocycles. The van der Waals surface area contributed by atoms with Crippen molar-refractivity contribution >= 4 is 17.9 Å². The maximum Gasteiger partial charge on any atom is 0.490 e. The van der Waals surface area contributed by atoms with Gasteiger partial charge in [-0.05, 0) is 62.7 Å². The lowest BCUT2D eigenvalue weighted by Gasteiger charge is -2.22. The van der Waals surface area contributed by atoms with E-state index in [9.17, 15) is 53.5 Å². The molecule has 0 saturated carbocycles. The standard InChI is InChI=1S/C22H20F7NO4.C2HF3O2/c1-20(2,3)34-19(32)17(30)9-11-8-15(4-5-16(11)23)33-18(31)12-6-13(21(24,25)26)10-14(7-12)22(27,28)29;3-2(4,5)1(6)7/h4-8,10,17H,9,30H2,1-3H3;(H,6,7). The molecule has 1 atom stereocenters. The molecule has 0 aliphatic rings. The van der Waals surface area contributed by atoms with Crippen molar-refractivity contribution < 1.29 is 72.9 Å². The van der Waals surface area contributed by atoms with E-state index in [1.54, 1.807) is 20.8 Å². The Morgan fingerprint density at radius 2 is 1.32 bits per heavy atom. The smallest absolute Gasteiger partial charge is 0.475 e. The number of alkyl halides is 9. The fourth-order valence-corrected chi connectivity index (χ4v) is 2.71. The van der Waals surface area contributed by atoms with Gasteiger partial charge in [-0.25, -0.2) is 14.0 Å². The molecular formula is C24H21F10NO6. The summed E-state index contributed by atoms with van der Waals surface area (Å²) in [7, 11) is 0. The van der Waals surface area contributed by atoms with E-state index >= 15 is 0 Å². The molecule has 0 spiro atoms. The van der Waals surface area contributed by atoms with Crippen LogP contribution in [0.5, 0.6) is 5.75 Å². The molecule has 41 heavy (non-hydrogen) atoms. The number of rotatable bonds is 5. The Bertz CT molecular complexity index is 1230. The Hall–Kier alpha value is -3.89. The van der Waals surface area contributed by atoms with Crippen molar-refractivity contribution in [1.82, 2.24) is 0 Å². The topological polar surface area (TPSA) is 116 Å². The van der Waals surface area contributed by atoms with Crippen molar-refractivity contribution in [1.29, 1.82) is 0 Å². The van der Waals surface area contributed by atoms with E-state index in [-0.39, 0.29) is 35.9 Å². The Morgan fingerprint density at radius 3 is 1.71 bits per heavy atom. The highest BCUT2D eigenvalue weighted by Gasteiger charge is 2.39. The molecule has 0 radical (unpaired) electrons. The molecule has 0 bridgehead atoms. The quantitative estimate of drug-likeness (QED) is 0.245. The normalized spacial score (nSPS) is 13.0. The summed E-state index contributed by atoms with van der Waals surface area (Å²) in [6, 6.07) is 1.72. The van der Waals surface area contributed by atoms with Gasteiger partial charge in [-0.2, -0.15) is 39.5 Å². The third-order valence-corrected chi connectivity index (χ3v) is 4.44. The van der Waals surface area contributed by atoms with Gasteiger partial charge in [0.15, 0.2) is 0 Å². The lowest BCUT2D eigenvalue weighted by Crippen LogP contribution is -2.39. The molecule has 7 nitrogen and oxygen atoms in total. The van der Waals surface area contributed by atoms with Gasteiger partial charge in [0.1, 0.15) is 23.2 Å². The Kier molecular flexibility index (Phi) is 10.9. The summed E-state index contributed by atoms with van der Waals surface area (Å²) in [5, 5.41) is 7.12. The van der Waals surface area contributed by atoms with E-state index in [0.717, 1.165) is 18.2 Å². The van der Waals surface area contributed by atoms with Crippen LogP contribution < -0.4 is 10.5 Å². The van der Waals surface area contributed by atoms with E-state index in [2.05, 4.69) is 0 Å². The molecule has 0 amide bonds. The van der Waals surface area contributed by atoms with Crippen LogP contribution in [-0.2, 0) is 33.1 Å². The number of carbonyl (C=O) groups is 3. The number of benzene rings is 2. The van der Waals surface area contributed by atoms with Crippen LogP contribution in [0.3, 0.4) is 0 Å². The number of carboxylic acid groups (broad SMARTS) is 1. The number of halogens is 10. The number of carboxylic acids is 1. The summed E-state index contributed by atoms with van der Waals surface area (Å²) in [6.45, 7) is 4.78. The summed E-state index contributed by atoms with van der Waals surface area (Å²) < 4.78 is 134. The van der Waals surface area contributed by atoms with Gasteiger partial charge in [0.25, 0.3) is 0 Å². The van der Waals surface area contributed by atoms with Gasteiger partial charge in [-0.1, -0.05) is 0 Å². The van der Waals surface area contributed by atoms with E-state index < -0.39 is 70.6 Å². The molecule has 2 aromatic carbocycles. The van der Waals surface area contributed by atoms with Gasteiger partial charge in [0, 0.05) is 6.42 Å². The Morgan fingerprint density at radius 1 is 0.854 bits per heavy atom. The summed E-state index contributed by atoms with van der Waals surface area (Å²) in [4.78, 5) is 33.2. The predicted octanol–water partition coefficient (Wildman–Crippen LogP) is 5.93. The van der Waals surface area contributed by atoms with E-state index in [1.807, 2.05) is 0 Å². The number of hydrogen-bond acceptors (Lipinski definition) is 6. The molecule has 1 unspecified atom stereocenters. The third kappa shape index (κ3) is 11.6. The molecule has 2 rings (SSSR count). The molecule has 0 aromatic heterocycles. The van der Waals surface area contributed by atoms with Crippen LogP contribution in [0, 0.1) is 5.82 Å². The maximum absolute atomic E-state index is 14.2. The van der Waals surface area contributed by atoms with Gasteiger partial charge in [0.2, 0.25) is 0 Å². The van der Waals surface area contributed by atoms with Crippen LogP contribution in [0.4, 0.5) is 43.9 Å². The number of nitrogens with two attached hydrogens (primary N) is 1. The van der Waals surface area contributed by atoms with E-state index in [1.165, 1.54) is 0 Å². The first-order valence-corrected chi connectivity index (χ1v) is 10.9. The van der Waals surface area contributed by atoms with Crippen LogP contribution in [0.2, 0.25) is 0 Å². The average Bonchev–Trinajstić information content (AvgIpc) is 2.78. The second-order valence-electron chi connectivity index (χ2n) is 9.08. The zero-order chi connectivity index (χ0) is 32.1. The maximum atomic E-state index is 14.2. The first kappa shape index (κ1) is 35.1. The predicted molar refractivity (Wildman–Crippen MR) is 119 cm³/mol. The number of carbonyl (C=O) groups excluding carboxylic acids is 2. The van der Waals surface area contributed by atoms with Gasteiger partial charge in [-0.15, -0.1) is 0 Å². The minimum atomic E-state index is -5.16. The molecule has 3 N–H and O–H groups in total. The van der Waals surface area contributed by atoms with Gasteiger partial charge in [0.05, 0.1) is 16.7 Å². The molecule has 0 saturated heterocycles. The van der Waals surface area contributed by atoms with Gasteiger partial charge in [-0.3, -0.25) is 4.79 Å². The molecule has 0 fully saturated rings. The highest BCUT2D eigenvalue weighted by molar-refractivity contribution is 5.91. The number of hydrogen-bond donors (Lipinski definition) is 2. The van der Waals surface area contributed by atoms with Crippen molar-refractivity contribution in [3.05, 3.63) is 64.5 Å². The minimum Gasteiger partial charge on any atom is -0.475 e. The SMILES string of the molecule is CC(C)(C)OC(=O)C(N)Cc1cc(OC(=O)c2cc(C(F)(F)F)cc(C(F)(F)F)c2)ccc1F.O=C(O)C(F)(F)F. The molecule has 17 heteroatoms. The van der Waals surface area contributed by atoms with Crippen LogP contribution in [0.25, 0.3) is 0 Å². The van der Waals surface area contributed by atoms with E-state index in [4.69, 9.17) is 25.1 Å². The number of esters is 2. The van der Waals surface area contributed by atoms with Crippen LogP contribution in [-0.4, -0.2) is 40.8 Å². The fraction of sp³-hybridized carbons (Fsp3) is 0.375. The van der Waals surface area contributed by atoms with Crippen LogP contribution >= 0.6 is 0 Å². The van der Waals surface area contributed by atoms with Gasteiger partial charge >= 0.3 is 36.4 Å². The summed E-state index contributed by atoms with van der Waals surface area (Å²) in [6.07, 6.45) is -15.8. The highest BCUT2D eigenvalue weighted by atomic mass is 19.4. The van der Waals surface area contributed by atoms with Gasteiger partial charge < -0.3 is 20.3 Å². The third-order valence-electron chi connectivity index (χ3n) is 4.44. The first-order valence-electron chi connectivity index (χ1n) is 10.9. The monoisotopic (exact) mass is 609 g/mol. The largest absolute Gasteiger partial charge is 0.490 e. The van der Waals surface area contributed by atoms with E-state index in [0.29, 0.717) is 0 Å². The van der Waals surface area contributed by atoms with Crippen molar-refractivity contribution in [2.24, 2.45) is 5.73 Å². The van der Waals surface area contributed by atoms with Crippen LogP contribution in [0.15, 0.2) is 36.4 Å². The highest BCUT2D eigenvalue weighted by Crippen LogP contribution is 2.36. The van der Waals surface area contributed by atoms with Crippen molar-refractivity contribution in [3.63, 3.8) is 0 Å². The average molecular weight is 609 g/mol. The summed E-state index contributed by atoms with van der Waals surface area (Å²) in [5.41, 5.74) is 0.264. The first-order chi connectivity index (χ1) is 18.3. The molecule has 0 aliphatic carbocycles.